The van der Waals surface area contributed by atoms with Crippen LogP contribution in [-0.2, 0) is 14.8 Å². The lowest BCUT2D eigenvalue weighted by molar-refractivity contribution is 0.0596. The Kier molecular flexibility index (Phi) is 7.93. The van der Waals surface area contributed by atoms with Crippen molar-refractivity contribution < 1.29 is 17.9 Å². The first-order valence-electron chi connectivity index (χ1n) is 11.3. The fourth-order valence-electron chi connectivity index (χ4n) is 3.74. The van der Waals surface area contributed by atoms with Crippen molar-refractivity contribution in [2.75, 3.05) is 25.5 Å². The Bertz CT molecular complexity index is 1510. The summed E-state index contributed by atoms with van der Waals surface area (Å²) in [6.07, 6.45) is 3.02. The van der Waals surface area contributed by atoms with Gasteiger partial charge in [-0.15, -0.1) is 0 Å². The number of nitrogens with one attached hydrogen (secondary N) is 2. The second-order valence-electron chi connectivity index (χ2n) is 8.09. The quantitative estimate of drug-likeness (QED) is 0.185. The topological polar surface area (TPSA) is 115 Å². The van der Waals surface area contributed by atoms with Gasteiger partial charge in [-0.05, 0) is 36.5 Å². The molecule has 0 aliphatic heterocycles. The van der Waals surface area contributed by atoms with Gasteiger partial charge in [-0.3, -0.25) is 0 Å². The second-order valence-corrected chi connectivity index (χ2v) is 10.2. The summed E-state index contributed by atoms with van der Waals surface area (Å²) < 4.78 is 34.4. The van der Waals surface area contributed by atoms with Crippen LogP contribution < -0.4 is 15.5 Å². The van der Waals surface area contributed by atoms with Gasteiger partial charge in [-0.25, -0.2) is 22.9 Å². The molecule has 12 heteroatoms. The van der Waals surface area contributed by atoms with Gasteiger partial charge in [0.05, 0.1) is 23.3 Å². The Labute approximate surface area is 215 Å². The van der Waals surface area contributed by atoms with Crippen LogP contribution in [0.4, 0.5) is 5.82 Å². The molecule has 0 fully saturated rings. The molecule has 0 saturated heterocycles. The van der Waals surface area contributed by atoms with E-state index < -0.39 is 16.0 Å². The number of hydrogen-bond acceptors (Lipinski definition) is 7. The van der Waals surface area contributed by atoms with E-state index in [1.165, 1.54) is 19.2 Å². The van der Waals surface area contributed by atoms with Crippen LogP contribution in [0, 0.1) is 0 Å². The maximum absolute atomic E-state index is 12.7. The van der Waals surface area contributed by atoms with Crippen molar-refractivity contribution in [2.45, 2.75) is 17.7 Å². The Morgan fingerprint density at radius 2 is 1.83 bits per heavy atom. The van der Waals surface area contributed by atoms with Gasteiger partial charge < -0.3 is 10.1 Å². The molecule has 0 unspecified atom stereocenters. The monoisotopic (exact) mass is 525 g/mol. The van der Waals surface area contributed by atoms with E-state index in [1.807, 2.05) is 38.2 Å². The van der Waals surface area contributed by atoms with Gasteiger partial charge >= 0.3 is 5.97 Å². The number of fused-ring (bicyclic) bond motifs is 1. The number of halogens is 1. The molecular weight excluding hydrogens is 501 g/mol. The van der Waals surface area contributed by atoms with Crippen LogP contribution >= 0.6 is 11.6 Å². The summed E-state index contributed by atoms with van der Waals surface area (Å²) in [5.74, 6) is 0.0597. The van der Waals surface area contributed by atoms with Crippen LogP contribution in [-0.4, -0.2) is 57.0 Å². The normalized spacial score (nSPS) is 11.5. The van der Waals surface area contributed by atoms with E-state index in [1.54, 1.807) is 22.8 Å². The van der Waals surface area contributed by atoms with Crippen molar-refractivity contribution in [3.63, 3.8) is 0 Å². The summed E-state index contributed by atoms with van der Waals surface area (Å²) in [5, 5.41) is 8.40. The van der Waals surface area contributed by atoms with Crippen LogP contribution in [0.3, 0.4) is 0 Å². The Morgan fingerprint density at radius 3 is 2.61 bits per heavy atom. The lowest BCUT2D eigenvalue weighted by Crippen LogP contribution is -2.27. The van der Waals surface area contributed by atoms with Gasteiger partial charge in [0.25, 0.3) is 0 Å². The highest BCUT2D eigenvalue weighted by Crippen LogP contribution is 2.28. The molecule has 0 amide bonds. The van der Waals surface area contributed by atoms with E-state index in [-0.39, 0.29) is 17.0 Å². The number of hydrogen-bond donors (Lipinski definition) is 2. The Hall–Kier alpha value is -3.41. The van der Waals surface area contributed by atoms with Crippen LogP contribution in [0.25, 0.3) is 16.9 Å². The fraction of sp³-hybridized carbons (Fsp3) is 0.208. The molecule has 0 saturated carbocycles. The highest BCUT2D eigenvalue weighted by Gasteiger charge is 2.22. The van der Waals surface area contributed by atoms with Crippen molar-refractivity contribution in [2.24, 2.45) is 0 Å². The molecule has 0 atom stereocenters. The molecular formula is C24H25BClN5O4S. The standard InChI is InChI=1S/C24H25BClN5O4S/c1-35-24(32)17-9-3-5-11-21(17)36(33,34)29-13-7-6-12-27-22-14-20(16-8-2-4-10-19(16)26)30-23-18(25)15-28-31(22)23/h2-5,8-11,14-15,27,29H,6-7,12-13,25H2,1H3. The van der Waals surface area contributed by atoms with Crippen molar-refractivity contribution in [1.29, 1.82) is 0 Å². The summed E-state index contributed by atoms with van der Waals surface area (Å²) in [4.78, 5) is 16.5. The second kappa shape index (κ2) is 11.1. The van der Waals surface area contributed by atoms with Crippen LogP contribution in [0.1, 0.15) is 23.2 Å². The molecule has 0 radical (unpaired) electrons. The van der Waals surface area contributed by atoms with Crippen LogP contribution in [0.5, 0.6) is 0 Å². The van der Waals surface area contributed by atoms with Gasteiger partial charge in [-0.2, -0.15) is 9.61 Å². The minimum absolute atomic E-state index is 0.000268. The molecule has 2 aromatic carbocycles. The number of sulfonamides is 1. The minimum atomic E-state index is -3.86. The number of esters is 1. The Balaban J connectivity index is 1.39. The molecule has 9 nitrogen and oxygen atoms in total. The van der Waals surface area contributed by atoms with E-state index in [0.717, 1.165) is 28.2 Å². The van der Waals surface area contributed by atoms with E-state index in [2.05, 4.69) is 19.9 Å². The third-order valence-electron chi connectivity index (χ3n) is 5.58. The zero-order valence-electron chi connectivity index (χ0n) is 19.9. The number of methoxy groups -OCH3 is 1. The third kappa shape index (κ3) is 5.53. The third-order valence-corrected chi connectivity index (χ3v) is 7.43. The fourth-order valence-corrected chi connectivity index (χ4v) is 5.24. The van der Waals surface area contributed by atoms with Gasteiger partial charge in [0.15, 0.2) is 5.65 Å². The summed E-state index contributed by atoms with van der Waals surface area (Å²) in [5.41, 5.74) is 3.23. The lowest BCUT2D eigenvalue weighted by Gasteiger charge is -2.12. The molecule has 0 spiro atoms. The molecule has 0 aliphatic rings. The first kappa shape index (κ1) is 25.7. The molecule has 4 aromatic rings. The average molecular weight is 526 g/mol. The van der Waals surface area contributed by atoms with Crippen LogP contribution in [0.2, 0.25) is 5.02 Å². The van der Waals surface area contributed by atoms with Crippen molar-refractivity contribution in [3.8, 4) is 11.3 Å². The van der Waals surface area contributed by atoms with Gasteiger partial charge in [-0.1, -0.05) is 41.9 Å². The maximum atomic E-state index is 12.7. The number of aromatic nitrogens is 3. The number of carbonyl (C=O) groups excluding carboxylic acids is 1. The highest BCUT2D eigenvalue weighted by atomic mass is 35.5. The van der Waals surface area contributed by atoms with Gasteiger partial charge in [0, 0.05) is 35.9 Å². The maximum Gasteiger partial charge on any atom is 0.339 e. The average Bonchev–Trinajstić information content (AvgIpc) is 3.26. The first-order valence-corrected chi connectivity index (χ1v) is 13.2. The first-order chi connectivity index (χ1) is 17.3. The molecule has 2 heterocycles. The molecule has 186 valence electrons. The summed E-state index contributed by atoms with van der Waals surface area (Å²) in [6, 6.07) is 15.4. The summed E-state index contributed by atoms with van der Waals surface area (Å²) in [6.45, 7) is 0.803. The van der Waals surface area contributed by atoms with E-state index in [0.29, 0.717) is 24.4 Å². The zero-order chi connectivity index (χ0) is 25.7. The number of unbranched alkanes of at least 4 members (excludes halogenated alkanes) is 1. The number of benzene rings is 2. The largest absolute Gasteiger partial charge is 0.465 e. The molecule has 2 N–H and O–H groups in total. The molecule has 0 bridgehead atoms. The number of rotatable bonds is 10. The summed E-state index contributed by atoms with van der Waals surface area (Å²) >= 11 is 6.39. The number of anilines is 1. The molecule has 0 aliphatic carbocycles. The summed E-state index contributed by atoms with van der Waals surface area (Å²) in [7, 11) is -0.701. The Morgan fingerprint density at radius 1 is 1.11 bits per heavy atom. The van der Waals surface area contributed by atoms with Gasteiger partial charge in [0.1, 0.15) is 13.7 Å². The smallest absolute Gasteiger partial charge is 0.339 e. The van der Waals surface area contributed by atoms with Crippen molar-refractivity contribution in [3.05, 3.63) is 71.4 Å². The van der Waals surface area contributed by atoms with E-state index in [9.17, 15) is 13.2 Å². The van der Waals surface area contributed by atoms with Crippen LogP contribution in [0.15, 0.2) is 65.7 Å². The van der Waals surface area contributed by atoms with E-state index in [4.69, 9.17) is 16.6 Å². The molecule has 2 aromatic heterocycles. The zero-order valence-corrected chi connectivity index (χ0v) is 21.4. The number of nitrogens with zero attached hydrogens (tertiary/aromatic N) is 3. The number of ether oxygens (including phenoxy) is 1. The van der Waals surface area contributed by atoms with Crippen molar-refractivity contribution in [1.82, 2.24) is 19.3 Å². The predicted octanol–water partition coefficient (Wildman–Crippen LogP) is 2.27. The highest BCUT2D eigenvalue weighted by molar-refractivity contribution is 7.89. The molecule has 4 rings (SSSR count). The number of carbonyl (C=O) groups is 1. The molecule has 36 heavy (non-hydrogen) atoms. The lowest BCUT2D eigenvalue weighted by atomic mass is 10.0. The van der Waals surface area contributed by atoms with E-state index >= 15 is 0 Å². The predicted molar refractivity (Wildman–Crippen MR) is 142 cm³/mol. The van der Waals surface area contributed by atoms with Gasteiger partial charge in [0.2, 0.25) is 10.0 Å². The SMILES string of the molecule is Bc1cnn2c(NCCCCNS(=O)(=O)c3ccccc3C(=O)OC)cc(-c3ccccc3Cl)nc12. The van der Waals surface area contributed by atoms with Crippen molar-refractivity contribution >= 4 is 52.4 Å². The minimum Gasteiger partial charge on any atom is -0.465 e.